The van der Waals surface area contributed by atoms with Crippen LogP contribution in [0.5, 0.6) is 5.75 Å². The Morgan fingerprint density at radius 2 is 1.84 bits per heavy atom. The average Bonchev–Trinajstić information content (AvgIpc) is 3.29. The normalized spacial score (nSPS) is 20.0. The summed E-state index contributed by atoms with van der Waals surface area (Å²) in [5, 5.41) is 0. The molecule has 0 spiro atoms. The maximum Gasteiger partial charge on any atom is 0.236 e. The Morgan fingerprint density at radius 1 is 1.06 bits per heavy atom. The number of carbonyl (C=O) groups excluding carboxylic acids is 1. The summed E-state index contributed by atoms with van der Waals surface area (Å²) in [6.45, 7) is 5.46. The molecule has 168 valence electrons. The zero-order valence-corrected chi connectivity index (χ0v) is 18.6. The predicted octanol–water partition coefficient (Wildman–Crippen LogP) is 3.36. The molecule has 5 rings (SSSR count). The number of nitrogens with zero attached hydrogens (tertiary/aromatic N) is 4. The van der Waals surface area contributed by atoms with Gasteiger partial charge >= 0.3 is 0 Å². The fraction of sp³-hybridized carbons (Fsp3) is 0.440. The minimum absolute atomic E-state index is 0.220. The van der Waals surface area contributed by atoms with E-state index in [1.807, 2.05) is 41.3 Å². The number of fused-ring (bicyclic) bond motifs is 1. The number of oxazole rings is 1. The Balaban J connectivity index is 1.14. The van der Waals surface area contributed by atoms with Crippen LogP contribution in [0.25, 0.3) is 11.1 Å². The monoisotopic (exact) mass is 434 g/mol. The molecule has 1 aromatic heterocycles. The van der Waals surface area contributed by atoms with Crippen LogP contribution < -0.4 is 9.64 Å². The number of anilines is 1. The molecule has 1 atom stereocenters. The number of methoxy groups -OCH3 is 1. The standard InChI is InChI=1S/C25H30N4O3/c1-31-21-10-8-20(9-11-21)28-13-15-29(16-14-28)24(30)18-27-12-4-5-19(17-27)25-26-22-6-2-3-7-23(22)32-25/h2-3,6-11,19H,4-5,12-18H2,1H3. The first kappa shape index (κ1) is 20.8. The van der Waals surface area contributed by atoms with Crippen LogP contribution in [0.15, 0.2) is 52.9 Å². The van der Waals surface area contributed by atoms with E-state index in [0.29, 0.717) is 6.54 Å². The van der Waals surface area contributed by atoms with Crippen molar-refractivity contribution >= 4 is 22.7 Å². The molecule has 3 aromatic rings. The Hall–Kier alpha value is -3.06. The van der Waals surface area contributed by atoms with Gasteiger partial charge in [0.2, 0.25) is 5.91 Å². The number of piperidine rings is 1. The molecule has 1 unspecified atom stereocenters. The molecule has 2 aromatic carbocycles. The third kappa shape index (κ3) is 4.43. The van der Waals surface area contributed by atoms with Gasteiger partial charge in [-0.05, 0) is 55.8 Å². The smallest absolute Gasteiger partial charge is 0.236 e. The number of rotatable bonds is 5. The van der Waals surface area contributed by atoms with Crippen LogP contribution in [0.3, 0.4) is 0 Å². The lowest BCUT2D eigenvalue weighted by molar-refractivity contribution is -0.133. The van der Waals surface area contributed by atoms with Gasteiger partial charge in [0, 0.05) is 44.3 Å². The number of carbonyl (C=O) groups is 1. The third-order valence-electron chi connectivity index (χ3n) is 6.59. The molecule has 2 aliphatic heterocycles. The van der Waals surface area contributed by atoms with E-state index in [-0.39, 0.29) is 11.8 Å². The number of benzene rings is 2. The molecule has 0 N–H and O–H groups in total. The molecule has 0 saturated carbocycles. The number of hydrogen-bond acceptors (Lipinski definition) is 6. The van der Waals surface area contributed by atoms with Crippen molar-refractivity contribution in [1.82, 2.24) is 14.8 Å². The van der Waals surface area contributed by atoms with Crippen molar-refractivity contribution in [2.45, 2.75) is 18.8 Å². The maximum atomic E-state index is 13.0. The average molecular weight is 435 g/mol. The molecule has 7 heteroatoms. The Bertz CT molecular complexity index is 1020. The summed E-state index contributed by atoms with van der Waals surface area (Å²) in [6, 6.07) is 16.0. The first-order valence-electron chi connectivity index (χ1n) is 11.4. The van der Waals surface area contributed by atoms with Crippen LogP contribution in [0.1, 0.15) is 24.7 Å². The van der Waals surface area contributed by atoms with Crippen molar-refractivity contribution in [2.24, 2.45) is 0 Å². The third-order valence-corrected chi connectivity index (χ3v) is 6.59. The van der Waals surface area contributed by atoms with Crippen LogP contribution in [0, 0.1) is 0 Å². The first-order valence-corrected chi connectivity index (χ1v) is 11.4. The number of hydrogen-bond donors (Lipinski definition) is 0. The van der Waals surface area contributed by atoms with E-state index < -0.39 is 0 Å². The Kier molecular flexibility index (Phi) is 5.99. The van der Waals surface area contributed by atoms with E-state index in [2.05, 4.69) is 26.9 Å². The molecule has 32 heavy (non-hydrogen) atoms. The second-order valence-electron chi connectivity index (χ2n) is 8.66. The van der Waals surface area contributed by atoms with E-state index in [1.165, 1.54) is 5.69 Å². The lowest BCUT2D eigenvalue weighted by Gasteiger charge is -2.38. The zero-order chi connectivity index (χ0) is 21.9. The quantitative estimate of drug-likeness (QED) is 0.614. The first-order chi connectivity index (χ1) is 15.7. The van der Waals surface area contributed by atoms with Gasteiger partial charge in [-0.3, -0.25) is 9.69 Å². The summed E-state index contributed by atoms with van der Waals surface area (Å²) in [4.78, 5) is 24.3. The van der Waals surface area contributed by atoms with Crippen molar-refractivity contribution in [3.63, 3.8) is 0 Å². The highest BCUT2D eigenvalue weighted by Crippen LogP contribution is 2.29. The summed E-state index contributed by atoms with van der Waals surface area (Å²) in [7, 11) is 1.68. The van der Waals surface area contributed by atoms with Crippen LogP contribution in [0.4, 0.5) is 5.69 Å². The number of likely N-dealkylation sites (tertiary alicyclic amines) is 1. The van der Waals surface area contributed by atoms with E-state index >= 15 is 0 Å². The summed E-state index contributed by atoms with van der Waals surface area (Å²) in [5.74, 6) is 2.13. The molecule has 2 aliphatic rings. The fourth-order valence-corrected chi connectivity index (χ4v) is 4.76. The second-order valence-corrected chi connectivity index (χ2v) is 8.66. The number of para-hydroxylation sites is 2. The molecular formula is C25H30N4O3. The molecule has 0 bridgehead atoms. The number of aromatic nitrogens is 1. The second kappa shape index (κ2) is 9.20. The van der Waals surface area contributed by atoms with Gasteiger partial charge in [-0.2, -0.15) is 0 Å². The zero-order valence-electron chi connectivity index (χ0n) is 18.6. The van der Waals surface area contributed by atoms with Crippen molar-refractivity contribution in [2.75, 3.05) is 57.8 Å². The van der Waals surface area contributed by atoms with Gasteiger partial charge in [-0.25, -0.2) is 4.98 Å². The van der Waals surface area contributed by atoms with Crippen molar-refractivity contribution in [3.8, 4) is 5.75 Å². The minimum Gasteiger partial charge on any atom is -0.497 e. The van der Waals surface area contributed by atoms with Crippen molar-refractivity contribution < 1.29 is 13.9 Å². The van der Waals surface area contributed by atoms with Crippen LogP contribution in [-0.2, 0) is 4.79 Å². The molecule has 2 fully saturated rings. The number of piperazine rings is 1. The van der Waals surface area contributed by atoms with Gasteiger partial charge in [0.05, 0.1) is 13.7 Å². The molecule has 3 heterocycles. The Labute approximate surface area is 188 Å². The van der Waals surface area contributed by atoms with Gasteiger partial charge < -0.3 is 19.0 Å². The highest BCUT2D eigenvalue weighted by molar-refractivity contribution is 5.78. The summed E-state index contributed by atoms with van der Waals surface area (Å²) >= 11 is 0. The fourth-order valence-electron chi connectivity index (χ4n) is 4.76. The van der Waals surface area contributed by atoms with Gasteiger partial charge in [-0.15, -0.1) is 0 Å². The van der Waals surface area contributed by atoms with E-state index in [4.69, 9.17) is 9.15 Å². The Morgan fingerprint density at radius 3 is 2.59 bits per heavy atom. The van der Waals surface area contributed by atoms with Crippen LogP contribution in [0.2, 0.25) is 0 Å². The van der Waals surface area contributed by atoms with E-state index in [1.54, 1.807) is 7.11 Å². The van der Waals surface area contributed by atoms with Crippen LogP contribution >= 0.6 is 0 Å². The maximum absolute atomic E-state index is 13.0. The largest absolute Gasteiger partial charge is 0.497 e. The highest BCUT2D eigenvalue weighted by Gasteiger charge is 2.28. The molecule has 2 saturated heterocycles. The van der Waals surface area contributed by atoms with Crippen molar-refractivity contribution in [3.05, 3.63) is 54.4 Å². The molecular weight excluding hydrogens is 404 g/mol. The highest BCUT2D eigenvalue weighted by atomic mass is 16.5. The van der Waals surface area contributed by atoms with Gasteiger partial charge in [0.25, 0.3) is 0 Å². The predicted molar refractivity (Wildman–Crippen MR) is 124 cm³/mol. The van der Waals surface area contributed by atoms with E-state index in [0.717, 1.165) is 74.9 Å². The molecule has 7 nitrogen and oxygen atoms in total. The van der Waals surface area contributed by atoms with Gasteiger partial charge in [-0.1, -0.05) is 12.1 Å². The SMILES string of the molecule is COc1ccc(N2CCN(C(=O)CN3CCCC(c4nc5ccccc5o4)C3)CC2)cc1. The van der Waals surface area contributed by atoms with E-state index in [9.17, 15) is 4.79 Å². The summed E-state index contributed by atoms with van der Waals surface area (Å²) in [5.41, 5.74) is 2.92. The van der Waals surface area contributed by atoms with Crippen LogP contribution in [-0.4, -0.2) is 73.6 Å². The topological polar surface area (TPSA) is 62.1 Å². The number of ether oxygens (including phenoxy) is 1. The molecule has 1 amide bonds. The lowest BCUT2D eigenvalue weighted by atomic mass is 9.98. The van der Waals surface area contributed by atoms with Crippen molar-refractivity contribution in [1.29, 1.82) is 0 Å². The van der Waals surface area contributed by atoms with Gasteiger partial charge in [0.1, 0.15) is 11.3 Å². The summed E-state index contributed by atoms with van der Waals surface area (Å²) < 4.78 is 11.2. The summed E-state index contributed by atoms with van der Waals surface area (Å²) in [6.07, 6.45) is 2.11. The van der Waals surface area contributed by atoms with Gasteiger partial charge in [0.15, 0.2) is 11.5 Å². The number of amides is 1. The minimum atomic E-state index is 0.220. The molecule has 0 aliphatic carbocycles. The lowest BCUT2D eigenvalue weighted by Crippen LogP contribution is -2.52. The molecule has 0 radical (unpaired) electrons.